The number of aliphatic hydroxyl groups is 1. The quantitative estimate of drug-likeness (QED) is 0.794. The number of benzene rings is 1. The highest BCUT2D eigenvalue weighted by atomic mass is 16.3. The van der Waals surface area contributed by atoms with Crippen molar-refractivity contribution >= 4 is 0 Å². The zero-order valence-corrected chi connectivity index (χ0v) is 9.82. The summed E-state index contributed by atoms with van der Waals surface area (Å²) in [4.78, 5) is 2.35. The van der Waals surface area contributed by atoms with Gasteiger partial charge in [0.1, 0.15) is 0 Å². The Morgan fingerprint density at radius 1 is 1.44 bits per heavy atom. The molecule has 1 aromatic rings. The average Bonchev–Trinajstić information content (AvgIpc) is 2.73. The van der Waals surface area contributed by atoms with Crippen molar-refractivity contribution in [2.45, 2.75) is 25.6 Å². The minimum absolute atomic E-state index is 0.125. The van der Waals surface area contributed by atoms with Gasteiger partial charge < -0.3 is 15.3 Å². The molecule has 1 fully saturated rings. The molecule has 1 heterocycles. The van der Waals surface area contributed by atoms with Gasteiger partial charge in [-0.1, -0.05) is 24.3 Å². The summed E-state index contributed by atoms with van der Waals surface area (Å²) in [5.41, 5.74) is 2.24. The zero-order chi connectivity index (χ0) is 11.4. The highest BCUT2D eigenvalue weighted by molar-refractivity contribution is 5.22. The van der Waals surface area contributed by atoms with Gasteiger partial charge in [-0.2, -0.15) is 0 Å². The van der Waals surface area contributed by atoms with Crippen LogP contribution >= 0.6 is 0 Å². The van der Waals surface area contributed by atoms with Gasteiger partial charge in [-0.05, 0) is 31.1 Å². The highest BCUT2D eigenvalue weighted by Crippen LogP contribution is 2.09. The topological polar surface area (TPSA) is 35.5 Å². The predicted octanol–water partition coefficient (Wildman–Crippen LogP) is 0.973. The zero-order valence-electron chi connectivity index (χ0n) is 9.82. The summed E-state index contributed by atoms with van der Waals surface area (Å²) in [6, 6.07) is 8.73. The molecular formula is C13H20N2O. The van der Waals surface area contributed by atoms with E-state index in [1.165, 1.54) is 18.5 Å². The van der Waals surface area contributed by atoms with E-state index in [4.69, 9.17) is 5.11 Å². The molecule has 0 saturated carbocycles. The van der Waals surface area contributed by atoms with Crippen LogP contribution in [0.2, 0.25) is 0 Å². The first-order chi connectivity index (χ1) is 7.78. The maximum atomic E-state index is 9.05. The van der Waals surface area contributed by atoms with Crippen molar-refractivity contribution in [3.63, 3.8) is 0 Å². The Hall–Kier alpha value is -0.900. The SMILES string of the molecule is CN1CCC(NCc2cccc(CO)c2)C1. The Morgan fingerprint density at radius 2 is 2.25 bits per heavy atom. The van der Waals surface area contributed by atoms with Crippen LogP contribution in [0.15, 0.2) is 24.3 Å². The first-order valence-corrected chi connectivity index (χ1v) is 5.88. The molecule has 0 radical (unpaired) electrons. The Labute approximate surface area is 97.1 Å². The van der Waals surface area contributed by atoms with E-state index in [1.54, 1.807) is 0 Å². The van der Waals surface area contributed by atoms with Gasteiger partial charge in [-0.25, -0.2) is 0 Å². The van der Waals surface area contributed by atoms with Crippen LogP contribution in [-0.4, -0.2) is 36.2 Å². The molecule has 1 aliphatic heterocycles. The molecule has 1 saturated heterocycles. The van der Waals surface area contributed by atoms with Gasteiger partial charge in [0, 0.05) is 19.1 Å². The number of rotatable bonds is 4. The lowest BCUT2D eigenvalue weighted by atomic mass is 10.1. The van der Waals surface area contributed by atoms with Crippen LogP contribution in [0.25, 0.3) is 0 Å². The molecule has 1 atom stereocenters. The Morgan fingerprint density at radius 3 is 2.94 bits per heavy atom. The molecule has 88 valence electrons. The normalized spacial score (nSPS) is 21.5. The van der Waals surface area contributed by atoms with E-state index < -0.39 is 0 Å². The second kappa shape index (κ2) is 5.43. The van der Waals surface area contributed by atoms with Crippen LogP contribution in [-0.2, 0) is 13.2 Å². The molecule has 3 heteroatoms. The summed E-state index contributed by atoms with van der Waals surface area (Å²) in [7, 11) is 2.16. The average molecular weight is 220 g/mol. The van der Waals surface area contributed by atoms with Crippen LogP contribution < -0.4 is 5.32 Å². The largest absolute Gasteiger partial charge is 0.392 e. The third-order valence-electron chi connectivity index (χ3n) is 3.16. The molecule has 1 unspecified atom stereocenters. The van der Waals surface area contributed by atoms with Crippen LogP contribution in [0.5, 0.6) is 0 Å². The predicted molar refractivity (Wildman–Crippen MR) is 65.1 cm³/mol. The lowest BCUT2D eigenvalue weighted by molar-refractivity contribution is 0.281. The number of likely N-dealkylation sites (N-methyl/N-ethyl adjacent to an activating group) is 1. The molecule has 1 aromatic carbocycles. The summed E-state index contributed by atoms with van der Waals surface area (Å²) < 4.78 is 0. The minimum Gasteiger partial charge on any atom is -0.392 e. The van der Waals surface area contributed by atoms with E-state index in [-0.39, 0.29) is 6.61 Å². The molecular weight excluding hydrogens is 200 g/mol. The van der Waals surface area contributed by atoms with Crippen molar-refractivity contribution in [3.8, 4) is 0 Å². The number of hydrogen-bond acceptors (Lipinski definition) is 3. The third-order valence-corrected chi connectivity index (χ3v) is 3.16. The molecule has 0 aromatic heterocycles. The molecule has 0 aliphatic carbocycles. The molecule has 0 bridgehead atoms. The maximum Gasteiger partial charge on any atom is 0.0681 e. The van der Waals surface area contributed by atoms with Gasteiger partial charge in [-0.3, -0.25) is 0 Å². The Kier molecular flexibility index (Phi) is 3.93. The smallest absolute Gasteiger partial charge is 0.0681 e. The van der Waals surface area contributed by atoms with Crippen molar-refractivity contribution in [1.82, 2.24) is 10.2 Å². The first-order valence-electron chi connectivity index (χ1n) is 5.88. The summed E-state index contributed by atoms with van der Waals surface area (Å²) >= 11 is 0. The Bertz CT molecular complexity index is 340. The second-order valence-corrected chi connectivity index (χ2v) is 4.61. The number of nitrogens with zero attached hydrogens (tertiary/aromatic N) is 1. The van der Waals surface area contributed by atoms with Crippen LogP contribution in [0.4, 0.5) is 0 Å². The summed E-state index contributed by atoms with van der Waals surface area (Å²) in [6.45, 7) is 3.35. The van der Waals surface area contributed by atoms with Crippen molar-refractivity contribution in [1.29, 1.82) is 0 Å². The molecule has 3 nitrogen and oxygen atoms in total. The maximum absolute atomic E-state index is 9.05. The van der Waals surface area contributed by atoms with Gasteiger partial charge in [0.25, 0.3) is 0 Å². The summed E-state index contributed by atoms with van der Waals surface area (Å²) in [5.74, 6) is 0. The van der Waals surface area contributed by atoms with E-state index in [1.807, 2.05) is 12.1 Å². The number of aliphatic hydroxyl groups excluding tert-OH is 1. The van der Waals surface area contributed by atoms with Crippen molar-refractivity contribution in [2.75, 3.05) is 20.1 Å². The van der Waals surface area contributed by atoms with E-state index in [0.29, 0.717) is 6.04 Å². The first kappa shape index (κ1) is 11.6. The summed E-state index contributed by atoms with van der Waals surface area (Å²) in [5, 5.41) is 12.6. The van der Waals surface area contributed by atoms with E-state index >= 15 is 0 Å². The lowest BCUT2D eigenvalue weighted by Crippen LogP contribution is -2.30. The van der Waals surface area contributed by atoms with Gasteiger partial charge in [0.2, 0.25) is 0 Å². The molecule has 0 spiro atoms. The third kappa shape index (κ3) is 3.04. The van der Waals surface area contributed by atoms with Gasteiger partial charge in [-0.15, -0.1) is 0 Å². The molecule has 1 aliphatic rings. The monoisotopic (exact) mass is 220 g/mol. The minimum atomic E-state index is 0.125. The summed E-state index contributed by atoms with van der Waals surface area (Å²) in [6.07, 6.45) is 1.23. The van der Waals surface area contributed by atoms with Crippen LogP contribution in [0.1, 0.15) is 17.5 Å². The molecule has 2 rings (SSSR count). The molecule has 2 N–H and O–H groups in total. The fourth-order valence-corrected chi connectivity index (χ4v) is 2.20. The molecule has 0 amide bonds. The number of likely N-dealkylation sites (tertiary alicyclic amines) is 1. The van der Waals surface area contributed by atoms with Crippen molar-refractivity contribution in [3.05, 3.63) is 35.4 Å². The van der Waals surface area contributed by atoms with E-state index in [2.05, 4.69) is 29.4 Å². The van der Waals surface area contributed by atoms with Gasteiger partial charge in [0.05, 0.1) is 6.61 Å². The van der Waals surface area contributed by atoms with Crippen molar-refractivity contribution in [2.24, 2.45) is 0 Å². The fraction of sp³-hybridized carbons (Fsp3) is 0.538. The van der Waals surface area contributed by atoms with Gasteiger partial charge >= 0.3 is 0 Å². The van der Waals surface area contributed by atoms with Crippen LogP contribution in [0, 0.1) is 0 Å². The van der Waals surface area contributed by atoms with Crippen LogP contribution in [0.3, 0.4) is 0 Å². The fourth-order valence-electron chi connectivity index (χ4n) is 2.20. The molecule has 16 heavy (non-hydrogen) atoms. The van der Waals surface area contributed by atoms with E-state index in [9.17, 15) is 0 Å². The van der Waals surface area contributed by atoms with Crippen molar-refractivity contribution < 1.29 is 5.11 Å². The van der Waals surface area contributed by atoms with Gasteiger partial charge in [0.15, 0.2) is 0 Å². The van der Waals surface area contributed by atoms with E-state index in [0.717, 1.165) is 18.7 Å². The lowest BCUT2D eigenvalue weighted by Gasteiger charge is -2.13. The number of nitrogens with one attached hydrogen (secondary N) is 1. The standard InChI is InChI=1S/C13H20N2O/c1-15-6-5-13(9-15)14-8-11-3-2-4-12(7-11)10-16/h2-4,7,13-14,16H,5-6,8-10H2,1H3. The highest BCUT2D eigenvalue weighted by Gasteiger charge is 2.18. The number of hydrogen-bond donors (Lipinski definition) is 2. The second-order valence-electron chi connectivity index (χ2n) is 4.61. The Balaban J connectivity index is 1.84.